The van der Waals surface area contributed by atoms with E-state index in [4.69, 9.17) is 14.2 Å². The molecule has 0 fully saturated rings. The first-order valence-electron chi connectivity index (χ1n) is 30.4. The van der Waals surface area contributed by atoms with Crippen LogP contribution in [0.4, 0.5) is 0 Å². The predicted octanol–water partition coefficient (Wildman–Crippen LogP) is 20.5. The molecular formula is C65H114O6. The summed E-state index contributed by atoms with van der Waals surface area (Å²) in [6.45, 7) is 6.50. The summed E-state index contributed by atoms with van der Waals surface area (Å²) in [7, 11) is 0. The molecule has 0 bridgehead atoms. The number of unbranched alkanes of at least 4 members (excludes halogenated alkanes) is 32. The van der Waals surface area contributed by atoms with E-state index in [9.17, 15) is 14.4 Å². The third-order valence-electron chi connectivity index (χ3n) is 13.2. The van der Waals surface area contributed by atoms with Gasteiger partial charge in [0.1, 0.15) is 13.2 Å². The smallest absolute Gasteiger partial charge is 0.306 e. The molecule has 0 spiro atoms. The fourth-order valence-electron chi connectivity index (χ4n) is 8.68. The van der Waals surface area contributed by atoms with E-state index in [0.29, 0.717) is 19.3 Å². The topological polar surface area (TPSA) is 78.9 Å². The summed E-state index contributed by atoms with van der Waals surface area (Å²) in [6.07, 6.45) is 76.4. The monoisotopic (exact) mass is 991 g/mol. The van der Waals surface area contributed by atoms with Crippen LogP contribution in [0, 0.1) is 0 Å². The number of esters is 3. The van der Waals surface area contributed by atoms with Crippen LogP contribution in [-0.2, 0) is 28.6 Å². The number of allylic oxidation sites excluding steroid dienone is 12. The Hall–Kier alpha value is -3.15. The largest absolute Gasteiger partial charge is 0.462 e. The molecule has 1 atom stereocenters. The molecule has 0 amide bonds. The molecule has 0 aliphatic carbocycles. The third-order valence-corrected chi connectivity index (χ3v) is 13.2. The Labute approximate surface area is 440 Å². The van der Waals surface area contributed by atoms with Gasteiger partial charge in [0.25, 0.3) is 0 Å². The lowest BCUT2D eigenvalue weighted by atomic mass is 10.0. The van der Waals surface area contributed by atoms with E-state index in [1.165, 1.54) is 161 Å². The van der Waals surface area contributed by atoms with Crippen molar-refractivity contribution in [1.82, 2.24) is 0 Å². The van der Waals surface area contributed by atoms with Crippen molar-refractivity contribution in [3.05, 3.63) is 72.9 Å². The number of ether oxygens (including phenoxy) is 3. The molecule has 6 heteroatoms. The minimum Gasteiger partial charge on any atom is -0.462 e. The van der Waals surface area contributed by atoms with Crippen molar-refractivity contribution in [2.75, 3.05) is 13.2 Å². The van der Waals surface area contributed by atoms with Crippen LogP contribution in [0.25, 0.3) is 0 Å². The highest BCUT2D eigenvalue weighted by atomic mass is 16.6. The molecule has 71 heavy (non-hydrogen) atoms. The van der Waals surface area contributed by atoms with E-state index >= 15 is 0 Å². The van der Waals surface area contributed by atoms with Crippen LogP contribution in [0.15, 0.2) is 72.9 Å². The summed E-state index contributed by atoms with van der Waals surface area (Å²) in [6, 6.07) is 0. The van der Waals surface area contributed by atoms with Gasteiger partial charge >= 0.3 is 17.9 Å². The van der Waals surface area contributed by atoms with Crippen LogP contribution in [0.1, 0.15) is 303 Å². The minimum absolute atomic E-state index is 0.0772. The van der Waals surface area contributed by atoms with Crippen molar-refractivity contribution in [3.8, 4) is 0 Å². The molecule has 0 heterocycles. The molecular weight excluding hydrogens is 877 g/mol. The molecule has 410 valence electrons. The van der Waals surface area contributed by atoms with Crippen LogP contribution >= 0.6 is 0 Å². The second-order valence-corrected chi connectivity index (χ2v) is 20.2. The van der Waals surface area contributed by atoms with Gasteiger partial charge < -0.3 is 14.2 Å². The van der Waals surface area contributed by atoms with Gasteiger partial charge in [0.15, 0.2) is 6.10 Å². The van der Waals surface area contributed by atoms with Crippen molar-refractivity contribution in [2.24, 2.45) is 0 Å². The Morgan fingerprint density at radius 3 is 0.859 bits per heavy atom. The van der Waals surface area contributed by atoms with E-state index in [1.54, 1.807) is 0 Å². The molecule has 0 saturated carbocycles. The van der Waals surface area contributed by atoms with Gasteiger partial charge in [-0.05, 0) is 70.6 Å². The van der Waals surface area contributed by atoms with E-state index < -0.39 is 6.10 Å². The first kappa shape index (κ1) is 67.8. The highest BCUT2D eigenvalue weighted by Gasteiger charge is 2.19. The van der Waals surface area contributed by atoms with Gasteiger partial charge in [-0.25, -0.2) is 0 Å². The molecule has 6 nitrogen and oxygen atoms in total. The van der Waals surface area contributed by atoms with Crippen LogP contribution in [-0.4, -0.2) is 37.2 Å². The predicted molar refractivity (Wildman–Crippen MR) is 307 cm³/mol. The second-order valence-electron chi connectivity index (χ2n) is 20.2. The zero-order valence-electron chi connectivity index (χ0n) is 47.0. The summed E-state index contributed by atoms with van der Waals surface area (Å²) in [5, 5.41) is 0. The van der Waals surface area contributed by atoms with Crippen LogP contribution < -0.4 is 0 Å². The summed E-state index contributed by atoms with van der Waals surface area (Å²) in [4.78, 5) is 38.0. The lowest BCUT2D eigenvalue weighted by Gasteiger charge is -2.18. The summed E-state index contributed by atoms with van der Waals surface area (Å²) in [5.74, 6) is -0.886. The Kier molecular flexibility index (Phi) is 56.8. The molecule has 0 radical (unpaired) electrons. The highest BCUT2D eigenvalue weighted by Crippen LogP contribution is 2.17. The Bertz CT molecular complexity index is 1320. The molecule has 0 N–H and O–H groups in total. The van der Waals surface area contributed by atoms with Gasteiger partial charge in [0.05, 0.1) is 0 Å². The number of carbonyl (C=O) groups is 3. The van der Waals surface area contributed by atoms with Gasteiger partial charge in [0.2, 0.25) is 0 Å². The van der Waals surface area contributed by atoms with Crippen molar-refractivity contribution in [1.29, 1.82) is 0 Å². The normalized spacial score (nSPS) is 12.5. The van der Waals surface area contributed by atoms with Crippen molar-refractivity contribution < 1.29 is 28.6 Å². The number of hydrogen-bond acceptors (Lipinski definition) is 6. The van der Waals surface area contributed by atoms with Gasteiger partial charge in [-0.2, -0.15) is 0 Å². The van der Waals surface area contributed by atoms with Crippen LogP contribution in [0.5, 0.6) is 0 Å². The quantitative estimate of drug-likeness (QED) is 0.0261. The third kappa shape index (κ3) is 57.6. The number of carbonyl (C=O) groups excluding carboxylic acids is 3. The van der Waals surface area contributed by atoms with Crippen molar-refractivity contribution in [3.63, 3.8) is 0 Å². The second kappa shape index (κ2) is 59.4. The van der Waals surface area contributed by atoms with Gasteiger partial charge in [-0.1, -0.05) is 286 Å². The molecule has 0 aliphatic rings. The average molecular weight is 992 g/mol. The maximum Gasteiger partial charge on any atom is 0.306 e. The Balaban J connectivity index is 4.19. The fourth-order valence-corrected chi connectivity index (χ4v) is 8.68. The average Bonchev–Trinajstić information content (AvgIpc) is 3.37. The molecule has 0 aromatic rings. The summed E-state index contributed by atoms with van der Waals surface area (Å²) < 4.78 is 16.8. The van der Waals surface area contributed by atoms with Gasteiger partial charge in [0, 0.05) is 19.3 Å². The van der Waals surface area contributed by atoms with Crippen LogP contribution in [0.2, 0.25) is 0 Å². The molecule has 0 aliphatic heterocycles. The van der Waals surface area contributed by atoms with E-state index in [2.05, 4.69) is 93.7 Å². The van der Waals surface area contributed by atoms with Crippen molar-refractivity contribution in [2.45, 2.75) is 309 Å². The van der Waals surface area contributed by atoms with E-state index in [1.807, 2.05) is 0 Å². The van der Waals surface area contributed by atoms with Crippen LogP contribution in [0.3, 0.4) is 0 Å². The standard InChI is InChI=1S/C65H114O6/c1-4-7-10-13-16-18-20-22-24-26-28-30-31-32-33-35-36-38-40-42-44-46-49-52-55-58-64(67)70-61-62(60-69-63(66)57-54-51-48-15-12-9-6-3)71-65(68)59-56-53-50-47-45-43-41-39-37-34-29-27-25-23-21-19-17-14-11-8-5-2/h7,10,16,18,22,24,28,30,32-33,36,38,62H,4-6,8-9,11-15,17,19-21,23,25-27,29,31,34-35,37,39-61H2,1-3H3/b10-7-,18-16-,24-22-,30-28-,33-32-,38-36-. The first-order chi connectivity index (χ1) is 35.0. The minimum atomic E-state index is -0.777. The first-order valence-corrected chi connectivity index (χ1v) is 30.4. The van der Waals surface area contributed by atoms with Gasteiger partial charge in [-0.15, -0.1) is 0 Å². The Morgan fingerprint density at radius 2 is 0.549 bits per heavy atom. The molecule has 0 aromatic carbocycles. The maximum absolute atomic E-state index is 12.8. The molecule has 1 unspecified atom stereocenters. The SMILES string of the molecule is CC/C=C\C/C=C\C/C=C\C/C=C\C/C=C\C/C=C\CCCCCCCCC(=O)OCC(COC(=O)CCCCCCCCC)OC(=O)CCCCCCCCCCCCCCCCCCCCCCC. The summed E-state index contributed by atoms with van der Waals surface area (Å²) >= 11 is 0. The fraction of sp³-hybridized carbons (Fsp3) is 0.769. The maximum atomic E-state index is 12.8. The molecule has 0 aromatic heterocycles. The molecule has 0 saturated heterocycles. The molecule has 0 rings (SSSR count). The zero-order chi connectivity index (χ0) is 51.4. The Morgan fingerprint density at radius 1 is 0.296 bits per heavy atom. The van der Waals surface area contributed by atoms with E-state index in [0.717, 1.165) is 103 Å². The van der Waals surface area contributed by atoms with E-state index in [-0.39, 0.29) is 31.1 Å². The van der Waals surface area contributed by atoms with Crippen molar-refractivity contribution >= 4 is 17.9 Å². The zero-order valence-corrected chi connectivity index (χ0v) is 47.0. The summed E-state index contributed by atoms with van der Waals surface area (Å²) in [5.41, 5.74) is 0. The van der Waals surface area contributed by atoms with Gasteiger partial charge in [-0.3, -0.25) is 14.4 Å². The lowest BCUT2D eigenvalue weighted by Crippen LogP contribution is -2.30. The number of hydrogen-bond donors (Lipinski definition) is 0. The number of rotatable bonds is 55. The lowest BCUT2D eigenvalue weighted by molar-refractivity contribution is -0.167. The highest BCUT2D eigenvalue weighted by molar-refractivity contribution is 5.71.